The zero-order valence-corrected chi connectivity index (χ0v) is 19.6. The standard InChI is InChI=1S/C28H31N3O3/c1-20-17-30(19-22-11-13-25(14-12-22)28(33)29-34)18-21(2)31(20)27(32)16-23-7-6-10-26(15-23)24-8-4-3-5-9-24/h3-15,20-21,34H,16-19H2,1-2H3,(H,29,33). The molecule has 1 fully saturated rings. The quantitative estimate of drug-likeness (QED) is 0.431. The monoisotopic (exact) mass is 457 g/mol. The lowest BCUT2D eigenvalue weighted by molar-refractivity contribution is -0.138. The molecule has 2 atom stereocenters. The van der Waals surface area contributed by atoms with Crippen LogP contribution >= 0.6 is 0 Å². The molecule has 2 unspecified atom stereocenters. The van der Waals surface area contributed by atoms with E-state index in [0.717, 1.165) is 41.9 Å². The van der Waals surface area contributed by atoms with Gasteiger partial charge in [0, 0.05) is 37.3 Å². The number of nitrogens with zero attached hydrogens (tertiary/aromatic N) is 2. The fourth-order valence-corrected chi connectivity index (χ4v) is 4.89. The lowest BCUT2D eigenvalue weighted by Gasteiger charge is -2.44. The minimum Gasteiger partial charge on any atom is -0.334 e. The Kier molecular flexibility index (Phi) is 7.40. The molecular weight excluding hydrogens is 426 g/mol. The third-order valence-electron chi connectivity index (χ3n) is 6.40. The van der Waals surface area contributed by atoms with Gasteiger partial charge in [0.25, 0.3) is 5.91 Å². The summed E-state index contributed by atoms with van der Waals surface area (Å²) >= 11 is 0. The molecule has 0 bridgehead atoms. The summed E-state index contributed by atoms with van der Waals surface area (Å²) in [6, 6.07) is 25.9. The van der Waals surface area contributed by atoms with Crippen molar-refractivity contribution in [3.05, 3.63) is 95.6 Å². The first-order valence-corrected chi connectivity index (χ1v) is 11.7. The van der Waals surface area contributed by atoms with Crippen molar-refractivity contribution >= 4 is 11.8 Å². The van der Waals surface area contributed by atoms with Gasteiger partial charge in [-0.05, 0) is 48.2 Å². The molecule has 1 aliphatic rings. The molecule has 3 aromatic rings. The molecule has 2 N–H and O–H groups in total. The fourth-order valence-electron chi connectivity index (χ4n) is 4.89. The van der Waals surface area contributed by atoms with Gasteiger partial charge in [-0.2, -0.15) is 0 Å². The molecule has 1 heterocycles. The Morgan fingerprint density at radius 2 is 1.50 bits per heavy atom. The van der Waals surface area contributed by atoms with E-state index in [2.05, 4.69) is 43.0 Å². The molecule has 2 amide bonds. The predicted octanol–water partition coefficient (Wildman–Crippen LogP) is 4.14. The Morgan fingerprint density at radius 3 is 2.15 bits per heavy atom. The van der Waals surface area contributed by atoms with Crippen LogP contribution in [0.2, 0.25) is 0 Å². The van der Waals surface area contributed by atoms with Crippen LogP contribution in [-0.4, -0.2) is 52.0 Å². The minimum absolute atomic E-state index is 0.105. The summed E-state index contributed by atoms with van der Waals surface area (Å²) in [6.07, 6.45) is 0.393. The van der Waals surface area contributed by atoms with E-state index >= 15 is 0 Å². The van der Waals surface area contributed by atoms with Crippen LogP contribution in [0.1, 0.15) is 35.3 Å². The topological polar surface area (TPSA) is 72.9 Å². The maximum absolute atomic E-state index is 13.3. The largest absolute Gasteiger partial charge is 0.334 e. The van der Waals surface area contributed by atoms with Gasteiger partial charge in [0.2, 0.25) is 5.91 Å². The molecule has 0 radical (unpaired) electrons. The first-order valence-electron chi connectivity index (χ1n) is 11.7. The van der Waals surface area contributed by atoms with Gasteiger partial charge in [-0.15, -0.1) is 0 Å². The van der Waals surface area contributed by atoms with E-state index in [0.29, 0.717) is 12.0 Å². The molecule has 0 aromatic heterocycles. The highest BCUT2D eigenvalue weighted by Gasteiger charge is 2.32. The second-order valence-corrected chi connectivity index (χ2v) is 9.07. The molecule has 1 saturated heterocycles. The molecule has 176 valence electrons. The van der Waals surface area contributed by atoms with Crippen LogP contribution in [0.25, 0.3) is 11.1 Å². The van der Waals surface area contributed by atoms with Crippen LogP contribution in [-0.2, 0) is 17.8 Å². The van der Waals surface area contributed by atoms with Gasteiger partial charge in [0.15, 0.2) is 0 Å². The number of hydrogen-bond acceptors (Lipinski definition) is 4. The lowest BCUT2D eigenvalue weighted by Crippen LogP contribution is -2.58. The number of piperazine rings is 1. The van der Waals surface area contributed by atoms with E-state index in [1.165, 1.54) is 0 Å². The molecule has 4 rings (SSSR count). The average Bonchev–Trinajstić information content (AvgIpc) is 2.84. The van der Waals surface area contributed by atoms with Gasteiger partial charge in [-0.3, -0.25) is 19.7 Å². The van der Waals surface area contributed by atoms with Crippen molar-refractivity contribution in [3.63, 3.8) is 0 Å². The highest BCUT2D eigenvalue weighted by molar-refractivity contribution is 5.93. The van der Waals surface area contributed by atoms with E-state index in [9.17, 15) is 9.59 Å². The van der Waals surface area contributed by atoms with Crippen LogP contribution in [0.5, 0.6) is 0 Å². The second-order valence-electron chi connectivity index (χ2n) is 9.07. The smallest absolute Gasteiger partial charge is 0.274 e. The van der Waals surface area contributed by atoms with Gasteiger partial charge in [-0.1, -0.05) is 66.7 Å². The highest BCUT2D eigenvalue weighted by Crippen LogP contribution is 2.23. The SMILES string of the molecule is CC1CN(Cc2ccc(C(=O)NO)cc2)CC(C)N1C(=O)Cc1cccc(-c2ccccc2)c1. The highest BCUT2D eigenvalue weighted by atomic mass is 16.5. The van der Waals surface area contributed by atoms with Crippen molar-refractivity contribution in [1.29, 1.82) is 0 Å². The van der Waals surface area contributed by atoms with Gasteiger partial charge >= 0.3 is 0 Å². The van der Waals surface area contributed by atoms with Gasteiger partial charge < -0.3 is 4.90 Å². The Balaban J connectivity index is 1.38. The predicted molar refractivity (Wildman–Crippen MR) is 132 cm³/mol. The lowest BCUT2D eigenvalue weighted by atomic mass is 10.00. The number of rotatable bonds is 6. The number of nitrogens with one attached hydrogen (secondary N) is 1. The first-order chi connectivity index (χ1) is 16.4. The van der Waals surface area contributed by atoms with Crippen LogP contribution in [0.4, 0.5) is 0 Å². The summed E-state index contributed by atoms with van der Waals surface area (Å²) < 4.78 is 0. The van der Waals surface area contributed by atoms with Gasteiger partial charge in [-0.25, -0.2) is 5.48 Å². The fraction of sp³-hybridized carbons (Fsp3) is 0.286. The van der Waals surface area contributed by atoms with Crippen molar-refractivity contribution in [3.8, 4) is 11.1 Å². The zero-order chi connectivity index (χ0) is 24.1. The summed E-state index contributed by atoms with van der Waals surface area (Å²) in [6.45, 7) is 6.54. The molecular formula is C28H31N3O3. The Hall–Kier alpha value is -3.48. The number of benzene rings is 3. The van der Waals surface area contributed by atoms with Crippen molar-refractivity contribution in [2.45, 2.75) is 38.9 Å². The Bertz CT molecular complexity index is 1120. The molecule has 3 aromatic carbocycles. The molecule has 0 aliphatic carbocycles. The molecule has 6 heteroatoms. The van der Waals surface area contributed by atoms with E-state index < -0.39 is 5.91 Å². The number of hydroxylamine groups is 1. The molecule has 1 aliphatic heterocycles. The zero-order valence-electron chi connectivity index (χ0n) is 19.6. The van der Waals surface area contributed by atoms with Crippen LogP contribution in [0.15, 0.2) is 78.9 Å². The average molecular weight is 458 g/mol. The summed E-state index contributed by atoms with van der Waals surface area (Å²) in [4.78, 5) is 29.2. The van der Waals surface area contributed by atoms with Gasteiger partial charge in [0.1, 0.15) is 0 Å². The van der Waals surface area contributed by atoms with E-state index in [1.54, 1.807) is 17.6 Å². The normalized spacial score (nSPS) is 18.5. The minimum atomic E-state index is -0.518. The van der Waals surface area contributed by atoms with Crippen molar-refractivity contribution in [1.82, 2.24) is 15.3 Å². The molecule has 0 saturated carbocycles. The number of hydrogen-bond donors (Lipinski definition) is 2. The number of carbonyl (C=O) groups is 2. The summed E-state index contributed by atoms with van der Waals surface area (Å²) in [5.41, 5.74) is 6.46. The van der Waals surface area contributed by atoms with Crippen molar-refractivity contribution in [2.75, 3.05) is 13.1 Å². The van der Waals surface area contributed by atoms with Crippen LogP contribution in [0.3, 0.4) is 0 Å². The van der Waals surface area contributed by atoms with E-state index in [-0.39, 0.29) is 18.0 Å². The Labute approximate surface area is 200 Å². The van der Waals surface area contributed by atoms with Crippen LogP contribution in [0, 0.1) is 0 Å². The maximum atomic E-state index is 13.3. The third kappa shape index (κ3) is 5.53. The number of amides is 2. The van der Waals surface area contributed by atoms with Crippen molar-refractivity contribution in [2.24, 2.45) is 0 Å². The molecule has 34 heavy (non-hydrogen) atoms. The molecule has 6 nitrogen and oxygen atoms in total. The Morgan fingerprint density at radius 1 is 0.853 bits per heavy atom. The van der Waals surface area contributed by atoms with Gasteiger partial charge in [0.05, 0.1) is 6.42 Å². The van der Waals surface area contributed by atoms with E-state index in [1.807, 2.05) is 47.4 Å². The van der Waals surface area contributed by atoms with E-state index in [4.69, 9.17) is 5.21 Å². The maximum Gasteiger partial charge on any atom is 0.274 e. The number of carbonyl (C=O) groups excluding carboxylic acids is 2. The second kappa shape index (κ2) is 10.6. The summed E-state index contributed by atoms with van der Waals surface area (Å²) in [5.74, 6) is -0.362. The van der Waals surface area contributed by atoms with Crippen molar-refractivity contribution < 1.29 is 14.8 Å². The molecule has 0 spiro atoms. The summed E-state index contributed by atoms with van der Waals surface area (Å²) in [7, 11) is 0. The summed E-state index contributed by atoms with van der Waals surface area (Å²) in [5, 5.41) is 8.77. The first kappa shape index (κ1) is 23.7. The van der Waals surface area contributed by atoms with Crippen LogP contribution < -0.4 is 5.48 Å². The third-order valence-corrected chi connectivity index (χ3v) is 6.40.